The van der Waals surface area contributed by atoms with E-state index in [1.54, 1.807) is 13.4 Å². The average molecular weight is 266 g/mol. The van der Waals surface area contributed by atoms with Crippen LogP contribution in [0.4, 0.5) is 0 Å². The van der Waals surface area contributed by atoms with Crippen molar-refractivity contribution in [3.63, 3.8) is 0 Å². The number of hydrogen-bond acceptors (Lipinski definition) is 4. The Bertz CT molecular complexity index is 387. The van der Waals surface area contributed by atoms with Crippen molar-refractivity contribution in [3.8, 4) is 0 Å². The fraction of sp³-hybridized carbons (Fsp3) is 0.643. The number of nitrogens with zero attached hydrogens (tertiary/aromatic N) is 1. The molecule has 2 rings (SSSR count). The van der Waals surface area contributed by atoms with E-state index in [1.165, 1.54) is 0 Å². The molecule has 0 saturated heterocycles. The number of ether oxygens (including phenoxy) is 1. The maximum Gasteiger partial charge on any atom is 0.240 e. The summed E-state index contributed by atoms with van der Waals surface area (Å²) in [5.74, 6) is 0.833. The van der Waals surface area contributed by atoms with Gasteiger partial charge in [-0.3, -0.25) is 4.79 Å². The number of carbonyl (C=O) groups is 1. The summed E-state index contributed by atoms with van der Waals surface area (Å²) >= 11 is 0. The Hall–Kier alpha value is -1.33. The van der Waals surface area contributed by atoms with E-state index >= 15 is 0 Å². The summed E-state index contributed by atoms with van der Waals surface area (Å²) < 4.78 is 10.3. The highest BCUT2D eigenvalue weighted by Gasteiger charge is 2.35. The summed E-state index contributed by atoms with van der Waals surface area (Å²) in [6.07, 6.45) is 5.23. The Morgan fingerprint density at radius 2 is 2.42 bits per heavy atom. The zero-order valence-corrected chi connectivity index (χ0v) is 11.4. The highest BCUT2D eigenvalue weighted by Crippen LogP contribution is 2.29. The molecule has 1 atom stereocenters. The average Bonchev–Trinajstić information content (AvgIpc) is 3.12. The SMILES string of the molecule is COCCCC(N)C(=O)N(Cc1ccco1)C1CC1. The van der Waals surface area contributed by atoms with Gasteiger partial charge in [-0.15, -0.1) is 0 Å². The van der Waals surface area contributed by atoms with Crippen LogP contribution in [0.3, 0.4) is 0 Å². The van der Waals surface area contributed by atoms with Gasteiger partial charge in [0.15, 0.2) is 0 Å². The van der Waals surface area contributed by atoms with E-state index < -0.39 is 6.04 Å². The molecule has 0 spiro atoms. The highest BCUT2D eigenvalue weighted by atomic mass is 16.5. The molecule has 0 bridgehead atoms. The predicted octanol–water partition coefficient (Wildman–Crippen LogP) is 1.52. The van der Waals surface area contributed by atoms with E-state index in [1.807, 2.05) is 17.0 Å². The molecular formula is C14H22N2O3. The minimum absolute atomic E-state index is 0.0232. The van der Waals surface area contributed by atoms with Crippen LogP contribution in [0.2, 0.25) is 0 Å². The normalized spacial score (nSPS) is 16.3. The first-order valence-corrected chi connectivity index (χ1v) is 6.79. The number of rotatable bonds is 8. The molecule has 1 aliphatic carbocycles. The van der Waals surface area contributed by atoms with Crippen LogP contribution in [0.1, 0.15) is 31.4 Å². The first-order valence-electron chi connectivity index (χ1n) is 6.79. The third-order valence-electron chi connectivity index (χ3n) is 3.36. The number of nitrogens with two attached hydrogens (primary N) is 1. The molecule has 5 nitrogen and oxygen atoms in total. The molecule has 1 fully saturated rings. The largest absolute Gasteiger partial charge is 0.467 e. The number of methoxy groups -OCH3 is 1. The maximum absolute atomic E-state index is 12.4. The molecule has 1 unspecified atom stereocenters. The molecule has 1 amide bonds. The van der Waals surface area contributed by atoms with Crippen molar-refractivity contribution in [1.29, 1.82) is 0 Å². The lowest BCUT2D eigenvalue weighted by Gasteiger charge is -2.24. The van der Waals surface area contributed by atoms with Gasteiger partial charge in [0.25, 0.3) is 0 Å². The van der Waals surface area contributed by atoms with E-state index in [2.05, 4.69) is 0 Å². The van der Waals surface area contributed by atoms with Crippen LogP contribution in [-0.2, 0) is 16.1 Å². The Kier molecular flexibility index (Phi) is 4.99. The first kappa shape index (κ1) is 14.1. The summed E-state index contributed by atoms with van der Waals surface area (Å²) in [4.78, 5) is 14.2. The molecule has 0 aromatic carbocycles. The van der Waals surface area contributed by atoms with Gasteiger partial charge in [0.2, 0.25) is 5.91 Å². The second kappa shape index (κ2) is 6.73. The topological polar surface area (TPSA) is 68.7 Å². The van der Waals surface area contributed by atoms with E-state index in [4.69, 9.17) is 14.9 Å². The van der Waals surface area contributed by atoms with Gasteiger partial charge in [-0.2, -0.15) is 0 Å². The van der Waals surface area contributed by atoms with Crippen LogP contribution in [0, 0.1) is 0 Å². The minimum Gasteiger partial charge on any atom is -0.467 e. The lowest BCUT2D eigenvalue weighted by molar-refractivity contribution is -0.134. The van der Waals surface area contributed by atoms with Crippen LogP contribution >= 0.6 is 0 Å². The Morgan fingerprint density at radius 3 is 3.00 bits per heavy atom. The quantitative estimate of drug-likeness (QED) is 0.724. The van der Waals surface area contributed by atoms with E-state index in [-0.39, 0.29) is 5.91 Å². The van der Waals surface area contributed by atoms with E-state index in [0.29, 0.717) is 25.6 Å². The molecule has 106 valence electrons. The van der Waals surface area contributed by atoms with Crippen molar-refractivity contribution in [2.24, 2.45) is 5.73 Å². The Balaban J connectivity index is 1.89. The van der Waals surface area contributed by atoms with Gasteiger partial charge in [0.1, 0.15) is 5.76 Å². The molecule has 5 heteroatoms. The summed E-state index contributed by atoms with van der Waals surface area (Å²) in [7, 11) is 1.65. The van der Waals surface area contributed by atoms with Crippen molar-refractivity contribution in [2.75, 3.05) is 13.7 Å². The molecule has 0 radical (unpaired) electrons. The summed E-state index contributed by atoms with van der Waals surface area (Å²) in [5, 5.41) is 0. The minimum atomic E-state index is -0.439. The van der Waals surface area contributed by atoms with Gasteiger partial charge in [-0.25, -0.2) is 0 Å². The maximum atomic E-state index is 12.4. The van der Waals surface area contributed by atoms with Crippen molar-refractivity contribution in [2.45, 2.75) is 44.3 Å². The van der Waals surface area contributed by atoms with Crippen molar-refractivity contribution >= 4 is 5.91 Å². The fourth-order valence-corrected chi connectivity index (χ4v) is 2.13. The van der Waals surface area contributed by atoms with Crippen molar-refractivity contribution in [3.05, 3.63) is 24.2 Å². The van der Waals surface area contributed by atoms with Crippen molar-refractivity contribution in [1.82, 2.24) is 4.90 Å². The molecule has 1 aromatic rings. The van der Waals surface area contributed by atoms with Crippen LogP contribution in [0.5, 0.6) is 0 Å². The number of furan rings is 1. The van der Waals surface area contributed by atoms with E-state index in [9.17, 15) is 4.79 Å². The van der Waals surface area contributed by atoms with Gasteiger partial charge in [-0.1, -0.05) is 0 Å². The van der Waals surface area contributed by atoms with Gasteiger partial charge in [-0.05, 0) is 37.8 Å². The second-order valence-corrected chi connectivity index (χ2v) is 5.02. The summed E-state index contributed by atoms with van der Waals surface area (Å²) in [6, 6.07) is 3.62. The number of hydrogen-bond donors (Lipinski definition) is 1. The summed E-state index contributed by atoms with van der Waals surface area (Å²) in [6.45, 7) is 1.16. The zero-order valence-electron chi connectivity index (χ0n) is 11.4. The lowest BCUT2D eigenvalue weighted by Crippen LogP contribution is -2.44. The van der Waals surface area contributed by atoms with Gasteiger partial charge < -0.3 is 19.8 Å². The monoisotopic (exact) mass is 266 g/mol. The number of amides is 1. The Morgan fingerprint density at radius 1 is 1.63 bits per heavy atom. The van der Waals surface area contributed by atoms with Crippen LogP contribution in [0.25, 0.3) is 0 Å². The predicted molar refractivity (Wildman–Crippen MR) is 71.4 cm³/mol. The smallest absolute Gasteiger partial charge is 0.240 e. The van der Waals surface area contributed by atoms with Gasteiger partial charge >= 0.3 is 0 Å². The highest BCUT2D eigenvalue weighted by molar-refractivity contribution is 5.82. The number of carbonyl (C=O) groups excluding carboxylic acids is 1. The molecule has 2 N–H and O–H groups in total. The van der Waals surface area contributed by atoms with Crippen LogP contribution in [-0.4, -0.2) is 36.6 Å². The molecule has 1 saturated carbocycles. The molecular weight excluding hydrogens is 244 g/mol. The second-order valence-electron chi connectivity index (χ2n) is 5.02. The summed E-state index contributed by atoms with van der Waals surface area (Å²) in [5.41, 5.74) is 5.98. The fourth-order valence-electron chi connectivity index (χ4n) is 2.13. The molecule has 1 heterocycles. The third kappa shape index (κ3) is 4.08. The standard InChI is InChI=1S/C14H22N2O3/c1-18-8-3-5-13(15)14(17)16(11-6-7-11)10-12-4-2-9-19-12/h2,4,9,11,13H,3,5-8,10,15H2,1H3. The van der Waals surface area contributed by atoms with Crippen LogP contribution < -0.4 is 5.73 Å². The Labute approximate surface area is 113 Å². The van der Waals surface area contributed by atoms with Crippen LogP contribution in [0.15, 0.2) is 22.8 Å². The molecule has 1 aliphatic rings. The lowest BCUT2D eigenvalue weighted by atomic mass is 10.1. The first-order chi connectivity index (χ1) is 9.22. The van der Waals surface area contributed by atoms with Gasteiger partial charge in [0, 0.05) is 19.8 Å². The zero-order chi connectivity index (χ0) is 13.7. The third-order valence-corrected chi connectivity index (χ3v) is 3.36. The van der Waals surface area contributed by atoms with Gasteiger partial charge in [0.05, 0.1) is 18.8 Å². The van der Waals surface area contributed by atoms with Crippen molar-refractivity contribution < 1.29 is 13.9 Å². The molecule has 0 aliphatic heterocycles. The van der Waals surface area contributed by atoms with E-state index in [0.717, 1.165) is 25.0 Å². The molecule has 19 heavy (non-hydrogen) atoms. The molecule has 1 aromatic heterocycles.